The van der Waals surface area contributed by atoms with Crippen LogP contribution in [0.1, 0.15) is 64.4 Å². The van der Waals surface area contributed by atoms with Gasteiger partial charge in [0.2, 0.25) is 0 Å². The normalized spacial score (nSPS) is 18.2. The highest BCUT2D eigenvalue weighted by molar-refractivity contribution is 5.27. The van der Waals surface area contributed by atoms with Crippen LogP contribution in [0.4, 0.5) is 0 Å². The molecule has 1 unspecified atom stereocenters. The quantitative estimate of drug-likeness (QED) is 0.733. The monoisotopic (exact) mass is 289 g/mol. The lowest BCUT2D eigenvalue weighted by molar-refractivity contribution is 0.183. The molecule has 0 aromatic heterocycles. The van der Waals surface area contributed by atoms with Crippen molar-refractivity contribution in [2.24, 2.45) is 0 Å². The summed E-state index contributed by atoms with van der Waals surface area (Å²) in [5, 5.41) is 3.46. The lowest BCUT2D eigenvalue weighted by atomic mass is 10.1. The van der Waals surface area contributed by atoms with Crippen molar-refractivity contribution in [2.45, 2.75) is 77.4 Å². The van der Waals surface area contributed by atoms with Gasteiger partial charge in [0.25, 0.3) is 0 Å². The highest BCUT2D eigenvalue weighted by Crippen LogP contribution is 2.23. The van der Waals surface area contributed by atoms with Crippen LogP contribution in [0.15, 0.2) is 24.3 Å². The molecule has 2 nitrogen and oxygen atoms in total. The molecule has 1 saturated carbocycles. The largest absolute Gasteiger partial charge is 0.490 e. The van der Waals surface area contributed by atoms with E-state index in [2.05, 4.69) is 43.4 Å². The summed E-state index contributed by atoms with van der Waals surface area (Å²) in [5.41, 5.74) is 1.41. The van der Waals surface area contributed by atoms with Gasteiger partial charge in [-0.2, -0.15) is 0 Å². The molecule has 1 aliphatic carbocycles. The van der Waals surface area contributed by atoms with Gasteiger partial charge in [-0.25, -0.2) is 0 Å². The first kappa shape index (κ1) is 16.4. The Bertz CT molecular complexity index is 379. The summed E-state index contributed by atoms with van der Waals surface area (Å²) >= 11 is 0. The Kier molecular flexibility index (Phi) is 7.08. The zero-order valence-corrected chi connectivity index (χ0v) is 13.7. The van der Waals surface area contributed by atoms with Gasteiger partial charge in [-0.05, 0) is 69.7 Å². The van der Waals surface area contributed by atoms with Crippen molar-refractivity contribution in [2.75, 3.05) is 6.54 Å². The highest BCUT2D eigenvalue weighted by Gasteiger charge is 2.13. The maximum absolute atomic E-state index is 6.14. The smallest absolute Gasteiger partial charge is 0.119 e. The van der Waals surface area contributed by atoms with Crippen LogP contribution in [-0.2, 0) is 6.42 Å². The fraction of sp³-hybridized carbons (Fsp3) is 0.684. The Balaban J connectivity index is 1.78. The predicted octanol–water partition coefficient (Wildman–Crippen LogP) is 4.72. The van der Waals surface area contributed by atoms with Gasteiger partial charge in [-0.3, -0.25) is 0 Å². The average Bonchev–Trinajstić information content (AvgIpc) is 2.76. The van der Waals surface area contributed by atoms with Crippen LogP contribution < -0.4 is 10.1 Å². The van der Waals surface area contributed by atoms with Crippen molar-refractivity contribution in [1.82, 2.24) is 5.32 Å². The van der Waals surface area contributed by atoms with Gasteiger partial charge in [-0.1, -0.05) is 31.9 Å². The third kappa shape index (κ3) is 6.09. The molecular weight excluding hydrogens is 258 g/mol. The van der Waals surface area contributed by atoms with Crippen LogP contribution in [0.3, 0.4) is 0 Å². The summed E-state index contributed by atoms with van der Waals surface area (Å²) < 4.78 is 6.14. The van der Waals surface area contributed by atoms with Crippen molar-refractivity contribution < 1.29 is 4.74 Å². The molecule has 1 aromatic carbocycles. The van der Waals surface area contributed by atoms with Crippen molar-refractivity contribution in [3.05, 3.63) is 29.8 Å². The van der Waals surface area contributed by atoms with Gasteiger partial charge in [0.15, 0.2) is 0 Å². The molecule has 1 fully saturated rings. The van der Waals surface area contributed by atoms with Crippen LogP contribution in [0, 0.1) is 0 Å². The molecule has 0 aliphatic heterocycles. The van der Waals surface area contributed by atoms with Gasteiger partial charge in [-0.15, -0.1) is 0 Å². The molecule has 21 heavy (non-hydrogen) atoms. The number of nitrogens with one attached hydrogen (secondary N) is 1. The molecule has 0 saturated heterocycles. The first-order chi connectivity index (χ1) is 10.3. The summed E-state index contributed by atoms with van der Waals surface area (Å²) in [4.78, 5) is 0. The van der Waals surface area contributed by atoms with E-state index in [1.807, 2.05) is 0 Å². The lowest BCUT2D eigenvalue weighted by Gasteiger charge is -2.17. The van der Waals surface area contributed by atoms with Crippen molar-refractivity contribution >= 4 is 0 Å². The summed E-state index contributed by atoms with van der Waals surface area (Å²) in [7, 11) is 0. The number of aryl methyl sites for hydroxylation is 1. The summed E-state index contributed by atoms with van der Waals surface area (Å²) in [6.07, 6.45) is 10.6. The molecule has 0 amide bonds. The maximum Gasteiger partial charge on any atom is 0.119 e. The van der Waals surface area contributed by atoms with E-state index in [-0.39, 0.29) is 0 Å². The van der Waals surface area contributed by atoms with Gasteiger partial charge < -0.3 is 10.1 Å². The van der Waals surface area contributed by atoms with E-state index >= 15 is 0 Å². The molecule has 118 valence electrons. The SMILES string of the molecule is CCNC(C)CCc1ccc(OC2CCCCCC2)cc1. The van der Waals surface area contributed by atoms with Gasteiger partial charge in [0.05, 0.1) is 6.10 Å². The van der Waals surface area contributed by atoms with E-state index in [1.165, 1.54) is 50.5 Å². The van der Waals surface area contributed by atoms with E-state index in [9.17, 15) is 0 Å². The molecule has 1 N–H and O–H groups in total. The molecule has 0 bridgehead atoms. The second-order valence-electron chi connectivity index (χ2n) is 6.37. The number of benzene rings is 1. The predicted molar refractivity (Wildman–Crippen MR) is 90.0 cm³/mol. The summed E-state index contributed by atoms with van der Waals surface area (Å²) in [5.74, 6) is 1.05. The first-order valence-electron chi connectivity index (χ1n) is 8.77. The van der Waals surface area contributed by atoms with E-state index in [4.69, 9.17) is 4.74 Å². The molecular formula is C19H31NO. The minimum Gasteiger partial charge on any atom is -0.490 e. The second kappa shape index (κ2) is 9.09. The molecule has 2 rings (SSSR count). The number of ether oxygens (including phenoxy) is 1. The fourth-order valence-corrected chi connectivity index (χ4v) is 3.12. The van der Waals surface area contributed by atoms with Gasteiger partial charge in [0.1, 0.15) is 5.75 Å². The Morgan fingerprint density at radius 2 is 1.76 bits per heavy atom. The second-order valence-corrected chi connectivity index (χ2v) is 6.37. The fourth-order valence-electron chi connectivity index (χ4n) is 3.12. The standard InChI is InChI=1S/C19H31NO/c1-3-20-16(2)10-11-17-12-14-19(15-13-17)21-18-8-6-4-5-7-9-18/h12-16,18,20H,3-11H2,1-2H3. The number of hydrogen-bond donors (Lipinski definition) is 1. The molecule has 1 aliphatic rings. The zero-order chi connectivity index (χ0) is 14.9. The molecule has 1 atom stereocenters. The minimum atomic E-state index is 0.437. The molecule has 2 heteroatoms. The summed E-state index contributed by atoms with van der Waals surface area (Å²) in [6, 6.07) is 9.35. The highest BCUT2D eigenvalue weighted by atomic mass is 16.5. The molecule has 1 aromatic rings. The van der Waals surface area contributed by atoms with Crippen LogP contribution >= 0.6 is 0 Å². The van der Waals surface area contributed by atoms with Crippen molar-refractivity contribution in [3.63, 3.8) is 0 Å². The lowest BCUT2D eigenvalue weighted by Crippen LogP contribution is -2.25. The van der Waals surface area contributed by atoms with E-state index in [0.717, 1.165) is 18.7 Å². The molecule has 0 heterocycles. The Hall–Kier alpha value is -1.02. The summed E-state index contributed by atoms with van der Waals surface area (Å²) in [6.45, 7) is 5.47. The Morgan fingerprint density at radius 1 is 1.10 bits per heavy atom. The topological polar surface area (TPSA) is 21.3 Å². The van der Waals surface area contributed by atoms with Gasteiger partial charge >= 0.3 is 0 Å². The zero-order valence-electron chi connectivity index (χ0n) is 13.7. The first-order valence-corrected chi connectivity index (χ1v) is 8.77. The molecule has 0 radical (unpaired) electrons. The number of hydrogen-bond acceptors (Lipinski definition) is 2. The molecule has 0 spiro atoms. The van der Waals surface area contributed by atoms with Crippen LogP contribution in [0.2, 0.25) is 0 Å². The average molecular weight is 289 g/mol. The van der Waals surface area contributed by atoms with Crippen molar-refractivity contribution in [1.29, 1.82) is 0 Å². The number of rotatable bonds is 7. The minimum absolute atomic E-state index is 0.437. The van der Waals surface area contributed by atoms with Gasteiger partial charge in [0, 0.05) is 6.04 Å². The van der Waals surface area contributed by atoms with Crippen LogP contribution in [0.5, 0.6) is 5.75 Å². The van der Waals surface area contributed by atoms with Crippen LogP contribution in [-0.4, -0.2) is 18.7 Å². The third-order valence-corrected chi connectivity index (χ3v) is 4.45. The Morgan fingerprint density at radius 3 is 2.38 bits per heavy atom. The Labute approximate surface area is 130 Å². The third-order valence-electron chi connectivity index (χ3n) is 4.45. The van der Waals surface area contributed by atoms with Crippen molar-refractivity contribution in [3.8, 4) is 5.75 Å². The van der Waals surface area contributed by atoms with Crippen LogP contribution in [0.25, 0.3) is 0 Å². The van der Waals surface area contributed by atoms with E-state index in [1.54, 1.807) is 0 Å². The van der Waals surface area contributed by atoms with E-state index in [0.29, 0.717) is 12.1 Å². The van der Waals surface area contributed by atoms with E-state index < -0.39 is 0 Å². The maximum atomic E-state index is 6.14.